The molecule has 0 saturated carbocycles. The van der Waals surface area contributed by atoms with Crippen LogP contribution in [-0.4, -0.2) is 28.9 Å². The van der Waals surface area contributed by atoms with Crippen LogP contribution in [-0.2, 0) is 6.42 Å². The van der Waals surface area contributed by atoms with E-state index < -0.39 is 0 Å². The Balaban J connectivity index is 1.68. The maximum absolute atomic E-state index is 13.3. The molecule has 1 aromatic carbocycles. The standard InChI is InChI=1S/C25H32N2O2/c1-5-9-20-18-21-10-6-7-16-27(21)23(20)24(28)19-11-13-22(14-12-19)29-17-8-15-26-25(2,3)4/h6-7,10-14,16,18,26H,5,8-9,15,17H2,1-4H3. The molecule has 154 valence electrons. The first kappa shape index (κ1) is 21.1. The highest BCUT2D eigenvalue weighted by Gasteiger charge is 2.18. The van der Waals surface area contributed by atoms with E-state index in [2.05, 4.69) is 39.1 Å². The van der Waals surface area contributed by atoms with E-state index >= 15 is 0 Å². The van der Waals surface area contributed by atoms with Crippen molar-refractivity contribution in [2.45, 2.75) is 52.5 Å². The smallest absolute Gasteiger partial charge is 0.210 e. The number of ketones is 1. The van der Waals surface area contributed by atoms with Gasteiger partial charge in [0, 0.05) is 22.8 Å². The highest BCUT2D eigenvalue weighted by atomic mass is 16.5. The lowest BCUT2D eigenvalue weighted by atomic mass is 10.0. The third-order valence-electron chi connectivity index (χ3n) is 4.85. The van der Waals surface area contributed by atoms with Gasteiger partial charge in [0.05, 0.1) is 12.3 Å². The van der Waals surface area contributed by atoms with Crippen LogP contribution in [0, 0.1) is 0 Å². The number of carbonyl (C=O) groups is 1. The third kappa shape index (κ3) is 5.48. The molecule has 0 saturated heterocycles. The first-order valence-electron chi connectivity index (χ1n) is 10.5. The van der Waals surface area contributed by atoms with Gasteiger partial charge in [-0.15, -0.1) is 0 Å². The van der Waals surface area contributed by atoms with E-state index in [-0.39, 0.29) is 11.3 Å². The molecule has 3 rings (SSSR count). The lowest BCUT2D eigenvalue weighted by molar-refractivity contribution is 0.103. The zero-order valence-corrected chi connectivity index (χ0v) is 18.0. The number of benzene rings is 1. The van der Waals surface area contributed by atoms with Gasteiger partial charge in [0.1, 0.15) is 5.75 Å². The molecule has 0 radical (unpaired) electrons. The van der Waals surface area contributed by atoms with Crippen molar-refractivity contribution in [3.05, 3.63) is 71.5 Å². The second kappa shape index (κ2) is 9.27. The predicted molar refractivity (Wildman–Crippen MR) is 119 cm³/mol. The van der Waals surface area contributed by atoms with Crippen LogP contribution < -0.4 is 10.1 Å². The number of nitrogens with zero attached hydrogens (tertiary/aromatic N) is 1. The van der Waals surface area contributed by atoms with Crippen molar-refractivity contribution in [3.8, 4) is 5.75 Å². The van der Waals surface area contributed by atoms with E-state index in [1.807, 2.05) is 53.1 Å². The molecule has 2 aromatic heterocycles. The van der Waals surface area contributed by atoms with Crippen LogP contribution in [0.5, 0.6) is 5.75 Å². The Morgan fingerprint density at radius 2 is 1.86 bits per heavy atom. The minimum absolute atomic E-state index is 0.0561. The van der Waals surface area contributed by atoms with Gasteiger partial charge in [-0.05, 0) is 88.2 Å². The van der Waals surface area contributed by atoms with Crippen LogP contribution in [0.4, 0.5) is 0 Å². The average molecular weight is 393 g/mol. The number of rotatable bonds is 9. The number of aryl methyl sites for hydroxylation is 1. The minimum Gasteiger partial charge on any atom is -0.494 e. The van der Waals surface area contributed by atoms with Crippen molar-refractivity contribution >= 4 is 11.3 Å². The maximum Gasteiger partial charge on any atom is 0.210 e. The Hall–Kier alpha value is -2.59. The number of hydrogen-bond donors (Lipinski definition) is 1. The van der Waals surface area contributed by atoms with Gasteiger partial charge in [0.25, 0.3) is 0 Å². The van der Waals surface area contributed by atoms with Crippen LogP contribution in [0.15, 0.2) is 54.7 Å². The van der Waals surface area contributed by atoms with E-state index in [4.69, 9.17) is 4.74 Å². The summed E-state index contributed by atoms with van der Waals surface area (Å²) >= 11 is 0. The highest BCUT2D eigenvalue weighted by molar-refractivity contribution is 6.09. The summed E-state index contributed by atoms with van der Waals surface area (Å²) in [6, 6.07) is 15.6. The normalized spacial score (nSPS) is 11.7. The molecule has 4 nitrogen and oxygen atoms in total. The first-order chi connectivity index (χ1) is 13.9. The van der Waals surface area contributed by atoms with Crippen LogP contribution in [0.2, 0.25) is 0 Å². The van der Waals surface area contributed by atoms with Crippen LogP contribution in [0.1, 0.15) is 62.2 Å². The van der Waals surface area contributed by atoms with E-state index in [0.29, 0.717) is 12.2 Å². The Bertz CT molecular complexity index is 949. The fourth-order valence-corrected chi connectivity index (χ4v) is 3.46. The molecule has 0 aliphatic heterocycles. The Kier molecular flexibility index (Phi) is 6.75. The first-order valence-corrected chi connectivity index (χ1v) is 10.5. The Morgan fingerprint density at radius 1 is 1.10 bits per heavy atom. The molecule has 29 heavy (non-hydrogen) atoms. The molecule has 0 fully saturated rings. The summed E-state index contributed by atoms with van der Waals surface area (Å²) in [7, 11) is 0. The maximum atomic E-state index is 13.3. The van der Waals surface area contributed by atoms with Gasteiger partial charge in [0.2, 0.25) is 5.78 Å². The zero-order chi connectivity index (χ0) is 20.9. The van der Waals surface area contributed by atoms with Crippen molar-refractivity contribution in [3.63, 3.8) is 0 Å². The van der Waals surface area contributed by atoms with Crippen molar-refractivity contribution in [2.75, 3.05) is 13.2 Å². The average Bonchev–Trinajstić information content (AvgIpc) is 3.05. The third-order valence-corrected chi connectivity index (χ3v) is 4.85. The van der Waals surface area contributed by atoms with Gasteiger partial charge >= 0.3 is 0 Å². The summed E-state index contributed by atoms with van der Waals surface area (Å²) in [5.74, 6) is 0.853. The molecule has 0 unspecified atom stereocenters. The molecule has 0 aliphatic carbocycles. The van der Waals surface area contributed by atoms with Gasteiger partial charge in [-0.2, -0.15) is 0 Å². The van der Waals surface area contributed by atoms with Gasteiger partial charge < -0.3 is 14.5 Å². The van der Waals surface area contributed by atoms with E-state index in [9.17, 15) is 4.79 Å². The molecule has 0 bridgehead atoms. The quantitative estimate of drug-likeness (QED) is 0.398. The van der Waals surface area contributed by atoms with Crippen molar-refractivity contribution in [1.82, 2.24) is 9.72 Å². The number of pyridine rings is 1. The van der Waals surface area contributed by atoms with E-state index in [1.54, 1.807) is 0 Å². The van der Waals surface area contributed by atoms with Gasteiger partial charge in [-0.25, -0.2) is 0 Å². The summed E-state index contributed by atoms with van der Waals surface area (Å²) in [4.78, 5) is 13.3. The van der Waals surface area contributed by atoms with Crippen LogP contribution in [0.3, 0.4) is 0 Å². The number of ether oxygens (including phenoxy) is 1. The zero-order valence-electron chi connectivity index (χ0n) is 18.0. The second-order valence-electron chi connectivity index (χ2n) is 8.50. The molecule has 3 aromatic rings. The molecule has 0 atom stereocenters. The van der Waals surface area contributed by atoms with E-state index in [1.165, 1.54) is 0 Å². The van der Waals surface area contributed by atoms with Gasteiger partial charge in [-0.1, -0.05) is 19.4 Å². The van der Waals surface area contributed by atoms with Crippen LogP contribution in [0.25, 0.3) is 5.52 Å². The molecule has 4 heteroatoms. The summed E-state index contributed by atoms with van der Waals surface area (Å²) in [6.07, 6.45) is 4.81. The van der Waals surface area contributed by atoms with Crippen molar-refractivity contribution in [1.29, 1.82) is 0 Å². The van der Waals surface area contributed by atoms with Crippen LogP contribution >= 0.6 is 0 Å². The molecular weight excluding hydrogens is 360 g/mol. The molecule has 0 amide bonds. The second-order valence-corrected chi connectivity index (χ2v) is 8.50. The number of carbonyl (C=O) groups excluding carboxylic acids is 1. The topological polar surface area (TPSA) is 42.7 Å². The van der Waals surface area contributed by atoms with Crippen molar-refractivity contribution < 1.29 is 9.53 Å². The monoisotopic (exact) mass is 392 g/mol. The largest absolute Gasteiger partial charge is 0.494 e. The predicted octanol–water partition coefficient (Wildman–Crippen LogP) is 5.28. The molecule has 0 spiro atoms. The molecule has 0 aliphatic rings. The summed E-state index contributed by atoms with van der Waals surface area (Å²) in [6.45, 7) is 10.2. The molecule has 1 N–H and O–H groups in total. The molecular formula is C25H32N2O2. The fourth-order valence-electron chi connectivity index (χ4n) is 3.46. The number of nitrogens with one attached hydrogen (secondary N) is 1. The van der Waals surface area contributed by atoms with Crippen molar-refractivity contribution in [2.24, 2.45) is 0 Å². The number of fused-ring (bicyclic) bond motifs is 1. The highest BCUT2D eigenvalue weighted by Crippen LogP contribution is 2.23. The number of hydrogen-bond acceptors (Lipinski definition) is 3. The number of aromatic nitrogens is 1. The minimum atomic E-state index is 0.0561. The molecule has 2 heterocycles. The van der Waals surface area contributed by atoms with Gasteiger partial charge in [-0.3, -0.25) is 4.79 Å². The fraction of sp³-hybridized carbons (Fsp3) is 0.400. The SMILES string of the molecule is CCCc1cc2ccccn2c1C(=O)c1ccc(OCCCNC(C)(C)C)cc1. The summed E-state index contributed by atoms with van der Waals surface area (Å²) in [5, 5.41) is 3.45. The van der Waals surface area contributed by atoms with E-state index in [0.717, 1.165) is 48.3 Å². The van der Waals surface area contributed by atoms with Gasteiger partial charge in [0.15, 0.2) is 0 Å². The Labute approximate surface area is 173 Å². The summed E-state index contributed by atoms with van der Waals surface area (Å²) in [5.41, 5.74) is 3.75. The lowest BCUT2D eigenvalue weighted by Crippen LogP contribution is -2.36. The summed E-state index contributed by atoms with van der Waals surface area (Å²) < 4.78 is 7.82. The Morgan fingerprint density at radius 3 is 2.55 bits per heavy atom. The lowest BCUT2D eigenvalue weighted by Gasteiger charge is -2.20.